The van der Waals surface area contributed by atoms with Crippen LogP contribution in [0.4, 0.5) is 5.13 Å². The fourth-order valence-electron chi connectivity index (χ4n) is 5.11. The minimum Gasteiger partial charge on any atom is -0.319 e. The Morgan fingerprint density at radius 3 is 2.81 bits per heavy atom. The zero-order valence-electron chi connectivity index (χ0n) is 20.1. The predicted octanol–water partition coefficient (Wildman–Crippen LogP) is 4.56. The summed E-state index contributed by atoms with van der Waals surface area (Å²) in [6.07, 6.45) is 5.82. The Labute approximate surface area is 215 Å². The third-order valence-electron chi connectivity index (χ3n) is 6.93. The van der Waals surface area contributed by atoms with Gasteiger partial charge in [0.25, 0.3) is 5.56 Å². The van der Waals surface area contributed by atoms with Crippen LogP contribution in [0.25, 0.3) is 37.9 Å². The van der Waals surface area contributed by atoms with E-state index in [0.717, 1.165) is 60.5 Å². The molecule has 0 bridgehead atoms. The van der Waals surface area contributed by atoms with Gasteiger partial charge in [-0.3, -0.25) is 18.8 Å². The molecule has 5 aromatic rings. The van der Waals surface area contributed by atoms with Crippen LogP contribution in [-0.4, -0.2) is 25.2 Å². The van der Waals surface area contributed by atoms with Crippen molar-refractivity contribution in [1.82, 2.24) is 19.3 Å². The number of aryl methyl sites for hydroxylation is 1. The van der Waals surface area contributed by atoms with Crippen molar-refractivity contribution in [3.63, 3.8) is 0 Å². The first-order valence-electron chi connectivity index (χ1n) is 12.0. The summed E-state index contributed by atoms with van der Waals surface area (Å²) in [4.78, 5) is 29.5. The molecule has 2 aliphatic rings. The van der Waals surface area contributed by atoms with Crippen LogP contribution in [0.3, 0.4) is 0 Å². The number of hydrogen-bond acceptors (Lipinski definition) is 6. The largest absolute Gasteiger partial charge is 0.319 e. The lowest BCUT2D eigenvalue weighted by molar-refractivity contribution is -0.114. The molecule has 1 atom stereocenters. The first kappa shape index (κ1) is 21.9. The summed E-state index contributed by atoms with van der Waals surface area (Å²) in [5.41, 5.74) is 13.7. The van der Waals surface area contributed by atoms with Crippen LogP contribution in [0.5, 0.6) is 0 Å². The summed E-state index contributed by atoms with van der Waals surface area (Å²) >= 11 is 1.43. The molecule has 8 nitrogen and oxygen atoms in total. The SMILES string of the molecule is CC(=O)Nc1nc2ccc(-c3nn(Cc4cc5cccc(C)c5c(=O)n4C4=CC=C4)c4c3C4N)cc2s1. The number of anilines is 1. The van der Waals surface area contributed by atoms with Crippen LogP contribution in [0.15, 0.2) is 65.5 Å². The number of rotatable bonds is 5. The third kappa shape index (κ3) is 3.39. The normalized spacial score (nSPS) is 15.5. The van der Waals surface area contributed by atoms with E-state index < -0.39 is 0 Å². The summed E-state index contributed by atoms with van der Waals surface area (Å²) in [6, 6.07) is 13.8. The zero-order chi connectivity index (χ0) is 25.4. The Morgan fingerprint density at radius 2 is 2.05 bits per heavy atom. The Hall–Kier alpha value is -4.34. The average Bonchev–Trinajstić information content (AvgIpc) is 3.13. The molecule has 0 aliphatic heterocycles. The number of nitrogens with zero attached hydrogens (tertiary/aromatic N) is 4. The summed E-state index contributed by atoms with van der Waals surface area (Å²) in [5.74, 6) is -0.149. The first-order chi connectivity index (χ1) is 17.9. The maximum Gasteiger partial charge on any atom is 0.263 e. The van der Waals surface area contributed by atoms with Crippen LogP contribution < -0.4 is 16.6 Å². The molecule has 0 fully saturated rings. The van der Waals surface area contributed by atoms with Gasteiger partial charge in [-0.25, -0.2) is 4.98 Å². The molecule has 3 heterocycles. The Kier molecular flexibility index (Phi) is 4.63. The van der Waals surface area contributed by atoms with Crippen LogP contribution in [-0.2, 0) is 11.3 Å². The Balaban J connectivity index is 1.31. The van der Waals surface area contributed by atoms with E-state index in [2.05, 4.69) is 16.4 Å². The van der Waals surface area contributed by atoms with Crippen LogP contribution in [0.2, 0.25) is 0 Å². The number of thiazole rings is 1. The lowest BCUT2D eigenvalue weighted by Gasteiger charge is -2.19. The molecule has 2 aliphatic carbocycles. The van der Waals surface area contributed by atoms with Gasteiger partial charge in [-0.15, -0.1) is 0 Å². The van der Waals surface area contributed by atoms with Gasteiger partial charge in [-0.05, 0) is 48.2 Å². The average molecular weight is 507 g/mol. The van der Waals surface area contributed by atoms with E-state index in [0.29, 0.717) is 11.7 Å². The summed E-state index contributed by atoms with van der Waals surface area (Å²) in [7, 11) is 0. The molecular weight excluding hydrogens is 484 g/mol. The molecule has 2 aromatic carbocycles. The predicted molar refractivity (Wildman–Crippen MR) is 147 cm³/mol. The van der Waals surface area contributed by atoms with Gasteiger partial charge in [0.15, 0.2) is 5.13 Å². The van der Waals surface area contributed by atoms with Crippen LogP contribution >= 0.6 is 11.3 Å². The monoisotopic (exact) mass is 506 g/mol. The zero-order valence-corrected chi connectivity index (χ0v) is 21.0. The minimum atomic E-state index is -0.176. The van der Waals surface area contributed by atoms with E-state index in [9.17, 15) is 9.59 Å². The summed E-state index contributed by atoms with van der Waals surface area (Å²) < 4.78 is 4.66. The maximum absolute atomic E-state index is 13.6. The summed E-state index contributed by atoms with van der Waals surface area (Å²) in [6.45, 7) is 3.86. The van der Waals surface area contributed by atoms with E-state index in [1.807, 2.05) is 66.2 Å². The van der Waals surface area contributed by atoms with Crippen molar-refractivity contribution in [3.05, 3.63) is 93.6 Å². The standard InChI is InChI=1S/C28H22N6O2S/c1-14-5-3-6-16-11-19(34(18-7-4-8-18)27(36)22(14)16)13-33-26-23(24(26)29)25(32-33)17-9-10-20-21(12-17)37-28(31-20)30-15(2)35/h3-12,24H,13,29H2,1-2H3,(H,30,31,35). The molecule has 3 N–H and O–H groups in total. The topological polar surface area (TPSA) is 108 Å². The van der Waals surface area contributed by atoms with Crippen molar-refractivity contribution in [2.75, 3.05) is 5.32 Å². The second-order valence-corrected chi connectivity index (χ2v) is 10.5. The van der Waals surface area contributed by atoms with E-state index in [4.69, 9.17) is 10.8 Å². The second-order valence-electron chi connectivity index (χ2n) is 9.43. The Bertz CT molecular complexity index is 1920. The molecule has 0 saturated carbocycles. The van der Waals surface area contributed by atoms with Crippen molar-refractivity contribution in [2.24, 2.45) is 5.73 Å². The summed E-state index contributed by atoms with van der Waals surface area (Å²) in [5, 5.41) is 9.90. The number of nitrogens with one attached hydrogen (secondary N) is 1. The molecule has 7 rings (SSSR count). The van der Waals surface area contributed by atoms with E-state index in [1.165, 1.54) is 18.3 Å². The smallest absolute Gasteiger partial charge is 0.263 e. The highest BCUT2D eigenvalue weighted by atomic mass is 32.1. The number of amides is 1. The number of carbonyl (C=O) groups is 1. The van der Waals surface area contributed by atoms with Crippen LogP contribution in [0.1, 0.15) is 35.5 Å². The van der Waals surface area contributed by atoms with Crippen LogP contribution in [0, 0.1) is 6.92 Å². The number of aromatic nitrogens is 4. The Morgan fingerprint density at radius 1 is 1.22 bits per heavy atom. The van der Waals surface area contributed by atoms with Crippen molar-refractivity contribution in [1.29, 1.82) is 0 Å². The molecule has 1 amide bonds. The quantitative estimate of drug-likeness (QED) is 0.363. The fourth-order valence-corrected chi connectivity index (χ4v) is 6.06. The molecule has 1 unspecified atom stereocenters. The fraction of sp³-hybridized carbons (Fsp3) is 0.143. The highest BCUT2D eigenvalue weighted by Gasteiger charge is 2.40. The highest BCUT2D eigenvalue weighted by Crippen LogP contribution is 2.46. The number of benzene rings is 2. The molecule has 3 aromatic heterocycles. The second kappa shape index (κ2) is 7.83. The van der Waals surface area contributed by atoms with Gasteiger partial charge in [0, 0.05) is 29.4 Å². The van der Waals surface area contributed by atoms with Gasteiger partial charge in [0.2, 0.25) is 5.91 Å². The van der Waals surface area contributed by atoms with E-state index in [-0.39, 0.29) is 17.5 Å². The van der Waals surface area contributed by atoms with Gasteiger partial charge in [0.1, 0.15) is 0 Å². The van der Waals surface area contributed by atoms with E-state index in [1.54, 1.807) is 4.57 Å². The number of carbonyl (C=O) groups excluding carboxylic acids is 1. The van der Waals surface area contributed by atoms with Gasteiger partial charge in [-0.2, -0.15) is 5.10 Å². The number of fused-ring (bicyclic) bond motifs is 3. The number of allylic oxidation sites excluding steroid dienone is 4. The number of pyridine rings is 1. The molecule has 0 saturated heterocycles. The first-order valence-corrected chi connectivity index (χ1v) is 12.8. The lowest BCUT2D eigenvalue weighted by Crippen LogP contribution is -2.26. The molecule has 9 heteroatoms. The lowest BCUT2D eigenvalue weighted by atomic mass is 10.1. The molecule has 0 radical (unpaired) electrons. The van der Waals surface area contributed by atoms with Gasteiger partial charge in [0.05, 0.1) is 39.6 Å². The van der Waals surface area contributed by atoms with Crippen molar-refractivity contribution < 1.29 is 4.79 Å². The molecular formula is C28H22N6O2S. The van der Waals surface area contributed by atoms with E-state index >= 15 is 0 Å². The van der Waals surface area contributed by atoms with Crippen molar-refractivity contribution >= 4 is 49.1 Å². The maximum atomic E-state index is 13.6. The number of hydrogen-bond donors (Lipinski definition) is 2. The third-order valence-corrected chi connectivity index (χ3v) is 7.87. The molecule has 0 spiro atoms. The molecule has 37 heavy (non-hydrogen) atoms. The van der Waals surface area contributed by atoms with Crippen molar-refractivity contribution in [2.45, 2.75) is 26.4 Å². The number of nitrogens with two attached hydrogens (primary N) is 1. The highest BCUT2D eigenvalue weighted by molar-refractivity contribution is 7.22. The van der Waals surface area contributed by atoms with Gasteiger partial charge >= 0.3 is 0 Å². The minimum absolute atomic E-state index is 0.0236. The molecule has 182 valence electrons. The van der Waals surface area contributed by atoms with Gasteiger partial charge < -0.3 is 11.1 Å². The van der Waals surface area contributed by atoms with Gasteiger partial charge in [-0.1, -0.05) is 41.7 Å². The van der Waals surface area contributed by atoms with Crippen molar-refractivity contribution in [3.8, 4) is 11.3 Å².